The number of amides is 1. The van der Waals surface area contributed by atoms with E-state index in [0.717, 1.165) is 38.0 Å². The molecule has 200 valence electrons. The summed E-state index contributed by atoms with van der Waals surface area (Å²) in [6, 6.07) is 14.9. The lowest BCUT2D eigenvalue weighted by Gasteiger charge is -2.27. The van der Waals surface area contributed by atoms with E-state index in [9.17, 15) is 23.1 Å². The van der Waals surface area contributed by atoms with Crippen LogP contribution in [-0.2, 0) is 14.8 Å². The Morgan fingerprint density at radius 1 is 1.00 bits per heavy atom. The maximum atomic E-state index is 12.7. The van der Waals surface area contributed by atoms with E-state index in [4.69, 9.17) is 0 Å². The molecule has 38 heavy (non-hydrogen) atoms. The first-order valence-electron chi connectivity index (χ1n) is 12.3. The summed E-state index contributed by atoms with van der Waals surface area (Å²) in [5.74, 6) is -1.30. The molecule has 0 bridgehead atoms. The molecule has 2 unspecified atom stereocenters. The Kier molecular flexibility index (Phi) is 8.87. The van der Waals surface area contributed by atoms with Crippen LogP contribution in [0.2, 0.25) is 0 Å². The minimum Gasteiger partial charge on any atom is -0.480 e. The first kappa shape index (κ1) is 27.0. The Balaban J connectivity index is 1.35. The molecule has 2 atom stereocenters. The normalized spacial score (nSPS) is 16.7. The SMILES string of the molecule is O=C(NCC(NS(=O)(=O)c1ccccc1)C(=O)O)c1ccc(N2CCCCC(Nc3ncccn3)C2)cc1. The van der Waals surface area contributed by atoms with Crippen LogP contribution < -0.4 is 20.3 Å². The van der Waals surface area contributed by atoms with E-state index < -0.39 is 34.5 Å². The van der Waals surface area contributed by atoms with Gasteiger partial charge < -0.3 is 20.6 Å². The first-order valence-corrected chi connectivity index (χ1v) is 13.8. The van der Waals surface area contributed by atoms with Crippen LogP contribution in [-0.4, -0.2) is 67.1 Å². The Morgan fingerprint density at radius 2 is 1.71 bits per heavy atom. The molecule has 11 nitrogen and oxygen atoms in total. The molecular weight excluding hydrogens is 508 g/mol. The van der Waals surface area contributed by atoms with Gasteiger partial charge in [-0.1, -0.05) is 18.2 Å². The summed E-state index contributed by atoms with van der Waals surface area (Å²) in [4.78, 5) is 35.0. The van der Waals surface area contributed by atoms with Crippen molar-refractivity contribution < 1.29 is 23.1 Å². The number of nitrogens with zero attached hydrogens (tertiary/aromatic N) is 3. The molecular formula is C26H30N6O5S. The van der Waals surface area contributed by atoms with Gasteiger partial charge in [-0.05, 0) is 61.7 Å². The van der Waals surface area contributed by atoms with Crippen LogP contribution in [0.5, 0.6) is 0 Å². The topological polar surface area (TPSA) is 154 Å². The number of aliphatic carboxylic acids is 1. The molecule has 12 heteroatoms. The van der Waals surface area contributed by atoms with Crippen molar-refractivity contribution in [1.82, 2.24) is 20.0 Å². The van der Waals surface area contributed by atoms with Gasteiger partial charge in [0.25, 0.3) is 5.91 Å². The number of carboxylic acids is 1. The molecule has 4 rings (SSSR count). The number of carbonyl (C=O) groups is 2. The third-order valence-electron chi connectivity index (χ3n) is 6.18. The van der Waals surface area contributed by atoms with Crippen molar-refractivity contribution in [2.24, 2.45) is 0 Å². The number of benzene rings is 2. The van der Waals surface area contributed by atoms with Crippen LogP contribution in [0, 0.1) is 0 Å². The number of nitrogens with one attached hydrogen (secondary N) is 3. The minimum atomic E-state index is -4.06. The van der Waals surface area contributed by atoms with Gasteiger partial charge in [-0.2, -0.15) is 4.72 Å². The van der Waals surface area contributed by atoms with Gasteiger partial charge >= 0.3 is 5.97 Å². The average Bonchev–Trinajstić information content (AvgIpc) is 3.17. The molecule has 2 heterocycles. The van der Waals surface area contributed by atoms with Gasteiger partial charge in [0.2, 0.25) is 16.0 Å². The molecule has 0 aliphatic carbocycles. The van der Waals surface area contributed by atoms with E-state index in [0.29, 0.717) is 11.5 Å². The van der Waals surface area contributed by atoms with Gasteiger partial charge in [0.1, 0.15) is 6.04 Å². The fraction of sp³-hybridized carbons (Fsp3) is 0.308. The number of sulfonamides is 1. The zero-order valence-corrected chi connectivity index (χ0v) is 21.5. The second-order valence-corrected chi connectivity index (χ2v) is 10.7. The second kappa shape index (κ2) is 12.5. The molecule has 1 fully saturated rings. The summed E-state index contributed by atoms with van der Waals surface area (Å²) >= 11 is 0. The van der Waals surface area contributed by atoms with Crippen LogP contribution in [0.15, 0.2) is 78.0 Å². The third kappa shape index (κ3) is 7.26. The first-order chi connectivity index (χ1) is 18.3. The highest BCUT2D eigenvalue weighted by Crippen LogP contribution is 2.21. The predicted octanol–water partition coefficient (Wildman–Crippen LogP) is 2.11. The Morgan fingerprint density at radius 3 is 2.39 bits per heavy atom. The van der Waals surface area contributed by atoms with Crippen molar-refractivity contribution in [1.29, 1.82) is 0 Å². The minimum absolute atomic E-state index is 0.0598. The van der Waals surface area contributed by atoms with E-state index in [2.05, 4.69) is 30.2 Å². The van der Waals surface area contributed by atoms with E-state index in [1.807, 2.05) is 12.1 Å². The molecule has 0 spiro atoms. The van der Waals surface area contributed by atoms with Crippen LogP contribution in [0.25, 0.3) is 0 Å². The van der Waals surface area contributed by atoms with Gasteiger partial charge in [0.15, 0.2) is 0 Å². The Labute approximate surface area is 221 Å². The zero-order valence-electron chi connectivity index (χ0n) is 20.7. The average molecular weight is 539 g/mol. The van der Waals surface area contributed by atoms with Gasteiger partial charge in [-0.25, -0.2) is 18.4 Å². The molecule has 1 amide bonds. The lowest BCUT2D eigenvalue weighted by atomic mass is 10.1. The predicted molar refractivity (Wildman–Crippen MR) is 142 cm³/mol. The smallest absolute Gasteiger partial charge is 0.323 e. The second-order valence-electron chi connectivity index (χ2n) is 8.94. The maximum Gasteiger partial charge on any atom is 0.323 e. The Hall–Kier alpha value is -4.03. The maximum absolute atomic E-state index is 12.7. The van der Waals surface area contributed by atoms with Crippen LogP contribution in [0.3, 0.4) is 0 Å². The van der Waals surface area contributed by atoms with E-state index >= 15 is 0 Å². The fourth-order valence-electron chi connectivity index (χ4n) is 4.21. The number of carboxylic acid groups (broad SMARTS) is 1. The quantitative estimate of drug-likeness (QED) is 0.304. The summed E-state index contributed by atoms with van der Waals surface area (Å²) in [5, 5.41) is 15.4. The number of hydrogen-bond acceptors (Lipinski definition) is 8. The third-order valence-corrected chi connectivity index (χ3v) is 7.67. The summed E-state index contributed by atoms with van der Waals surface area (Å²) in [6.07, 6.45) is 6.49. The molecule has 1 aromatic heterocycles. The lowest BCUT2D eigenvalue weighted by Crippen LogP contribution is -2.48. The van der Waals surface area contributed by atoms with Crippen molar-refractivity contribution in [3.63, 3.8) is 0 Å². The standard InChI is InChI=1S/C26H30N6O5S/c33-24(29-17-23(25(34)35)31-38(36,37)22-8-2-1-3-9-22)19-10-12-21(13-11-19)32-16-5-4-7-20(18-32)30-26-27-14-6-15-28-26/h1-3,6,8-15,20,23,31H,4-5,7,16-18H2,(H,29,33)(H,34,35)(H,27,28,30). The summed E-state index contributed by atoms with van der Waals surface area (Å²) in [5.41, 5.74) is 1.30. The lowest BCUT2D eigenvalue weighted by molar-refractivity contribution is -0.138. The van der Waals surface area contributed by atoms with Crippen molar-refractivity contribution in [3.8, 4) is 0 Å². The van der Waals surface area contributed by atoms with E-state index in [-0.39, 0.29) is 10.9 Å². The number of anilines is 2. The highest BCUT2D eigenvalue weighted by atomic mass is 32.2. The monoisotopic (exact) mass is 538 g/mol. The molecule has 2 aromatic carbocycles. The summed E-state index contributed by atoms with van der Waals surface area (Å²) in [6.45, 7) is 1.22. The molecule has 0 radical (unpaired) electrons. The van der Waals surface area contributed by atoms with Crippen molar-refractivity contribution in [2.45, 2.75) is 36.2 Å². The molecule has 4 N–H and O–H groups in total. The van der Waals surface area contributed by atoms with E-state index in [1.54, 1.807) is 36.7 Å². The summed E-state index contributed by atoms with van der Waals surface area (Å²) < 4.78 is 27.1. The van der Waals surface area contributed by atoms with Crippen LogP contribution in [0.4, 0.5) is 11.6 Å². The number of carbonyl (C=O) groups excluding carboxylic acids is 1. The number of rotatable bonds is 10. The number of hydrogen-bond donors (Lipinski definition) is 4. The molecule has 1 aliphatic rings. The highest BCUT2D eigenvalue weighted by Gasteiger charge is 2.26. The molecule has 0 saturated carbocycles. The van der Waals surface area contributed by atoms with Gasteiger partial charge in [-0.15, -0.1) is 0 Å². The largest absolute Gasteiger partial charge is 0.480 e. The van der Waals surface area contributed by atoms with Gasteiger partial charge in [-0.3, -0.25) is 9.59 Å². The number of aromatic nitrogens is 2. The van der Waals surface area contributed by atoms with Gasteiger partial charge in [0.05, 0.1) is 4.90 Å². The van der Waals surface area contributed by atoms with Crippen LogP contribution in [0.1, 0.15) is 29.6 Å². The zero-order chi connectivity index (χ0) is 27.0. The van der Waals surface area contributed by atoms with Crippen molar-refractivity contribution >= 4 is 33.5 Å². The van der Waals surface area contributed by atoms with Gasteiger partial charge in [0, 0.05) is 49.3 Å². The molecule has 3 aromatic rings. The van der Waals surface area contributed by atoms with Crippen LogP contribution >= 0.6 is 0 Å². The fourth-order valence-corrected chi connectivity index (χ4v) is 5.42. The van der Waals surface area contributed by atoms with E-state index in [1.165, 1.54) is 24.3 Å². The van der Waals surface area contributed by atoms with Crippen molar-refractivity contribution in [2.75, 3.05) is 29.9 Å². The summed E-state index contributed by atoms with van der Waals surface area (Å²) in [7, 11) is -4.06. The highest BCUT2D eigenvalue weighted by molar-refractivity contribution is 7.89. The molecule has 1 aliphatic heterocycles. The Bertz CT molecular complexity index is 1320. The molecule has 1 saturated heterocycles. The van der Waals surface area contributed by atoms with Crippen molar-refractivity contribution in [3.05, 3.63) is 78.6 Å².